The first kappa shape index (κ1) is 17.5. The molecular formula is C23H20ClNO3. The molecule has 28 heavy (non-hydrogen) atoms. The van der Waals surface area contributed by atoms with Crippen LogP contribution in [-0.4, -0.2) is 21.2 Å². The topological polar surface area (TPSA) is 70.4 Å². The molecule has 3 aromatic rings. The molecule has 0 unspecified atom stereocenters. The third-order valence-electron chi connectivity index (χ3n) is 6.27. The number of aryl methyl sites for hydroxylation is 2. The summed E-state index contributed by atoms with van der Waals surface area (Å²) in [4.78, 5) is 17.0. The van der Waals surface area contributed by atoms with Gasteiger partial charge in [0, 0.05) is 15.8 Å². The van der Waals surface area contributed by atoms with Crippen molar-refractivity contribution in [1.82, 2.24) is 4.98 Å². The highest BCUT2D eigenvalue weighted by Gasteiger charge is 2.50. The van der Waals surface area contributed by atoms with Gasteiger partial charge >= 0.3 is 5.97 Å². The van der Waals surface area contributed by atoms with Gasteiger partial charge in [0.25, 0.3) is 0 Å². The van der Waals surface area contributed by atoms with Crippen molar-refractivity contribution in [3.8, 4) is 5.75 Å². The summed E-state index contributed by atoms with van der Waals surface area (Å²) in [5, 5.41) is 22.0. The van der Waals surface area contributed by atoms with Gasteiger partial charge in [0.2, 0.25) is 0 Å². The van der Waals surface area contributed by atoms with E-state index in [2.05, 4.69) is 0 Å². The smallest absolute Gasteiger partial charge is 0.340 e. The number of aromatic nitrogens is 1. The van der Waals surface area contributed by atoms with Crippen LogP contribution in [0.4, 0.5) is 0 Å². The van der Waals surface area contributed by atoms with E-state index in [1.165, 1.54) is 5.56 Å². The van der Waals surface area contributed by atoms with Crippen LogP contribution in [0.5, 0.6) is 5.75 Å². The Bertz CT molecular complexity index is 1120. The molecule has 4 nitrogen and oxygen atoms in total. The number of pyridine rings is 1. The summed E-state index contributed by atoms with van der Waals surface area (Å²) < 4.78 is 0. The van der Waals surface area contributed by atoms with Crippen LogP contribution in [0, 0.1) is 0 Å². The van der Waals surface area contributed by atoms with Gasteiger partial charge in [-0.3, -0.25) is 0 Å². The van der Waals surface area contributed by atoms with Gasteiger partial charge in [-0.2, -0.15) is 0 Å². The predicted octanol–water partition coefficient (Wildman–Crippen LogP) is 5.25. The molecule has 2 aromatic carbocycles. The molecule has 1 fully saturated rings. The van der Waals surface area contributed by atoms with Gasteiger partial charge in [-0.15, -0.1) is 0 Å². The molecular weight excluding hydrogens is 374 g/mol. The highest BCUT2D eigenvalue weighted by molar-refractivity contribution is 6.30. The Balaban J connectivity index is 1.81. The summed E-state index contributed by atoms with van der Waals surface area (Å²) in [6.07, 6.45) is 5.77. The first-order valence-corrected chi connectivity index (χ1v) is 10.1. The Morgan fingerprint density at radius 3 is 2.43 bits per heavy atom. The van der Waals surface area contributed by atoms with E-state index in [1.807, 2.05) is 30.3 Å². The number of carboxylic acids is 1. The number of carbonyl (C=O) groups is 1. The Hall–Kier alpha value is -2.59. The maximum atomic E-state index is 12.1. The Morgan fingerprint density at radius 1 is 1.04 bits per heavy atom. The number of fused-ring (bicyclic) bond motifs is 3. The van der Waals surface area contributed by atoms with Crippen LogP contribution >= 0.6 is 11.6 Å². The normalized spacial score (nSPS) is 17.3. The number of aromatic hydroxyl groups is 1. The number of rotatable bonds is 3. The lowest BCUT2D eigenvalue weighted by Crippen LogP contribution is -2.15. The van der Waals surface area contributed by atoms with Gasteiger partial charge in [0.15, 0.2) is 5.75 Å². The van der Waals surface area contributed by atoms with E-state index in [0.717, 1.165) is 55.2 Å². The quantitative estimate of drug-likeness (QED) is 0.637. The van der Waals surface area contributed by atoms with Gasteiger partial charge in [-0.1, -0.05) is 35.9 Å². The highest BCUT2D eigenvalue weighted by Crippen LogP contribution is 2.56. The maximum absolute atomic E-state index is 12.1. The molecule has 2 aliphatic carbocycles. The van der Waals surface area contributed by atoms with Crippen LogP contribution in [0.1, 0.15) is 58.4 Å². The first-order valence-electron chi connectivity index (χ1n) is 9.68. The predicted molar refractivity (Wildman–Crippen MR) is 108 cm³/mol. The summed E-state index contributed by atoms with van der Waals surface area (Å²) in [5.74, 6) is -1.32. The van der Waals surface area contributed by atoms with Gasteiger partial charge < -0.3 is 10.2 Å². The molecule has 0 amide bonds. The number of carboxylic acid groups (broad SMARTS) is 1. The van der Waals surface area contributed by atoms with Crippen LogP contribution in [0.15, 0.2) is 36.4 Å². The average Bonchev–Trinajstić information content (AvgIpc) is 3.49. The van der Waals surface area contributed by atoms with Crippen LogP contribution < -0.4 is 0 Å². The molecule has 5 heteroatoms. The Kier molecular flexibility index (Phi) is 3.88. The second-order valence-electron chi connectivity index (χ2n) is 7.88. The van der Waals surface area contributed by atoms with Crippen molar-refractivity contribution in [2.45, 2.75) is 43.9 Å². The van der Waals surface area contributed by atoms with E-state index in [4.69, 9.17) is 16.6 Å². The molecule has 0 spiro atoms. The number of benzene rings is 2. The Labute approximate surface area is 167 Å². The van der Waals surface area contributed by atoms with Crippen molar-refractivity contribution in [3.05, 3.63) is 69.4 Å². The van der Waals surface area contributed by atoms with Crippen molar-refractivity contribution in [2.24, 2.45) is 0 Å². The van der Waals surface area contributed by atoms with E-state index in [1.54, 1.807) is 6.07 Å². The summed E-state index contributed by atoms with van der Waals surface area (Å²) >= 11 is 6.04. The van der Waals surface area contributed by atoms with Gasteiger partial charge in [-0.05, 0) is 67.3 Å². The lowest BCUT2D eigenvalue weighted by atomic mass is 9.86. The molecule has 0 aliphatic heterocycles. The van der Waals surface area contributed by atoms with Gasteiger partial charge in [0.1, 0.15) is 5.56 Å². The summed E-state index contributed by atoms with van der Waals surface area (Å²) in [7, 11) is 0. The zero-order valence-electron chi connectivity index (χ0n) is 15.3. The number of hydrogen-bond donors (Lipinski definition) is 2. The third kappa shape index (κ3) is 2.51. The maximum Gasteiger partial charge on any atom is 0.340 e. The molecule has 0 atom stereocenters. The lowest BCUT2D eigenvalue weighted by Gasteiger charge is -2.22. The van der Waals surface area contributed by atoms with Crippen LogP contribution in [0.2, 0.25) is 5.02 Å². The van der Waals surface area contributed by atoms with Crippen molar-refractivity contribution >= 4 is 28.5 Å². The monoisotopic (exact) mass is 393 g/mol. The van der Waals surface area contributed by atoms with Crippen molar-refractivity contribution < 1.29 is 15.0 Å². The zero-order valence-corrected chi connectivity index (χ0v) is 16.1. The molecule has 0 bridgehead atoms. The molecule has 5 rings (SSSR count). The highest BCUT2D eigenvalue weighted by atomic mass is 35.5. The first-order chi connectivity index (χ1) is 13.5. The standard InChI is InChI=1S/C23H20ClNO3/c24-15-8-6-14(7-9-15)23(11-12-23)21-20(26)18(22(27)28)17-10-5-13-3-1-2-4-16(13)19(17)25-21/h5-10,26H,1-4,11-12H2,(H,27,28). The van der Waals surface area contributed by atoms with E-state index < -0.39 is 11.4 Å². The number of aromatic carboxylic acids is 1. The van der Waals surface area contributed by atoms with E-state index >= 15 is 0 Å². The van der Waals surface area contributed by atoms with Gasteiger partial charge in [0.05, 0.1) is 11.2 Å². The molecule has 142 valence electrons. The number of hydrogen-bond acceptors (Lipinski definition) is 3. The fourth-order valence-corrected chi connectivity index (χ4v) is 4.78. The molecule has 2 N–H and O–H groups in total. The van der Waals surface area contributed by atoms with Crippen molar-refractivity contribution in [1.29, 1.82) is 0 Å². The van der Waals surface area contributed by atoms with Crippen LogP contribution in [0.25, 0.3) is 10.9 Å². The minimum Gasteiger partial charge on any atom is -0.505 e. The molecule has 1 aromatic heterocycles. The van der Waals surface area contributed by atoms with Crippen LogP contribution in [-0.2, 0) is 18.3 Å². The molecule has 1 saturated carbocycles. The van der Waals surface area contributed by atoms with E-state index in [-0.39, 0.29) is 11.3 Å². The fourth-order valence-electron chi connectivity index (χ4n) is 4.65. The summed E-state index contributed by atoms with van der Waals surface area (Å²) in [6, 6.07) is 11.4. The molecule has 0 radical (unpaired) electrons. The van der Waals surface area contributed by atoms with E-state index in [9.17, 15) is 15.0 Å². The van der Waals surface area contributed by atoms with Crippen molar-refractivity contribution in [3.63, 3.8) is 0 Å². The minimum atomic E-state index is -1.12. The zero-order chi connectivity index (χ0) is 19.5. The Morgan fingerprint density at radius 2 is 1.75 bits per heavy atom. The minimum absolute atomic E-state index is 0.0337. The molecule has 2 aliphatic rings. The SMILES string of the molecule is O=C(O)c1c(O)c(C2(c3ccc(Cl)cc3)CC2)nc2c3c(ccc12)CCCC3. The molecule has 1 heterocycles. The lowest BCUT2D eigenvalue weighted by molar-refractivity contribution is 0.0695. The second-order valence-corrected chi connectivity index (χ2v) is 8.32. The summed E-state index contributed by atoms with van der Waals surface area (Å²) in [6.45, 7) is 0. The number of nitrogens with zero attached hydrogens (tertiary/aromatic N) is 1. The third-order valence-corrected chi connectivity index (χ3v) is 6.52. The fraction of sp³-hybridized carbons (Fsp3) is 0.304. The van der Waals surface area contributed by atoms with E-state index in [0.29, 0.717) is 16.1 Å². The van der Waals surface area contributed by atoms with Gasteiger partial charge in [-0.25, -0.2) is 9.78 Å². The summed E-state index contributed by atoms with van der Waals surface area (Å²) in [5.41, 5.74) is 4.15. The van der Waals surface area contributed by atoms with Crippen LogP contribution in [0.3, 0.4) is 0 Å². The largest absolute Gasteiger partial charge is 0.505 e. The second kappa shape index (κ2) is 6.21. The van der Waals surface area contributed by atoms with Crippen molar-refractivity contribution in [2.75, 3.05) is 0 Å². The molecule has 0 saturated heterocycles. The number of halogens is 1. The average molecular weight is 394 g/mol.